The average Bonchev–Trinajstić information content (AvgIpc) is 2.14. The Hall–Kier alpha value is 0.309. The molecular weight excluding hydrogens is 310 g/mol. The third kappa shape index (κ3) is 3.67. The molecule has 0 unspecified atom stereocenters. The maximum atomic E-state index is 6.31. The SMILES string of the molecule is CC[CH2][Sn]([c]1ccccc1Cl)[C](C)(C)C. The molecule has 0 nitrogen and oxygen atoms in total. The Morgan fingerprint density at radius 1 is 1.20 bits per heavy atom. The molecule has 0 aliphatic carbocycles. The molecular formula is C13H20ClSn. The molecule has 2 heteroatoms. The van der Waals surface area contributed by atoms with E-state index in [2.05, 4.69) is 39.8 Å². The fourth-order valence-electron chi connectivity index (χ4n) is 1.87. The van der Waals surface area contributed by atoms with Crippen LogP contribution in [-0.4, -0.2) is 19.8 Å². The summed E-state index contributed by atoms with van der Waals surface area (Å²) in [6.45, 7) is 9.41. The molecule has 0 fully saturated rings. The van der Waals surface area contributed by atoms with Crippen LogP contribution in [0.15, 0.2) is 24.3 Å². The van der Waals surface area contributed by atoms with Crippen LogP contribution < -0.4 is 3.58 Å². The van der Waals surface area contributed by atoms with Crippen LogP contribution in [0.2, 0.25) is 12.9 Å². The Kier molecular flexibility index (Phi) is 4.98. The molecule has 0 heterocycles. The zero-order chi connectivity index (χ0) is 11.5. The van der Waals surface area contributed by atoms with E-state index in [1.807, 2.05) is 12.1 Å². The van der Waals surface area contributed by atoms with Crippen LogP contribution in [-0.2, 0) is 0 Å². The van der Waals surface area contributed by atoms with E-state index >= 15 is 0 Å². The molecule has 0 spiro atoms. The standard InChI is InChI=1S/C6H4Cl.C4H9.C3H7.Sn/c7-6-4-2-1-3-5-6;1-4(2)3;1-3-2;/h1-4H;1-3H3;1,3H2,2H3;. The van der Waals surface area contributed by atoms with Gasteiger partial charge in [-0.15, -0.1) is 0 Å². The molecule has 0 aromatic heterocycles. The molecule has 0 saturated heterocycles. The van der Waals surface area contributed by atoms with Gasteiger partial charge in [0, 0.05) is 0 Å². The van der Waals surface area contributed by atoms with Crippen LogP contribution in [0.5, 0.6) is 0 Å². The van der Waals surface area contributed by atoms with Gasteiger partial charge in [0.1, 0.15) is 0 Å². The maximum absolute atomic E-state index is 6.31. The Morgan fingerprint density at radius 3 is 2.27 bits per heavy atom. The van der Waals surface area contributed by atoms with Crippen LogP contribution in [0.4, 0.5) is 0 Å². The van der Waals surface area contributed by atoms with Crippen LogP contribution in [0.3, 0.4) is 0 Å². The Bertz CT molecular complexity index is 315. The number of rotatable bonds is 3. The summed E-state index contributed by atoms with van der Waals surface area (Å²) in [5.41, 5.74) is 0. The second kappa shape index (κ2) is 5.58. The summed E-state index contributed by atoms with van der Waals surface area (Å²) in [6.07, 6.45) is 1.29. The molecule has 0 N–H and O–H groups in total. The number of hydrogen-bond donors (Lipinski definition) is 0. The second-order valence-electron chi connectivity index (χ2n) is 4.96. The van der Waals surface area contributed by atoms with Gasteiger partial charge < -0.3 is 0 Å². The molecule has 0 amide bonds. The van der Waals surface area contributed by atoms with Gasteiger partial charge in [-0.3, -0.25) is 0 Å². The molecule has 1 rings (SSSR count). The van der Waals surface area contributed by atoms with Crippen molar-refractivity contribution in [3.05, 3.63) is 29.3 Å². The first kappa shape index (κ1) is 13.4. The summed E-state index contributed by atoms with van der Waals surface area (Å²) in [4.78, 5) is 0. The predicted octanol–water partition coefficient (Wildman–Crippen LogP) is 4.25. The first-order valence-electron chi connectivity index (χ1n) is 5.58. The van der Waals surface area contributed by atoms with E-state index in [1.165, 1.54) is 14.4 Å². The zero-order valence-corrected chi connectivity index (χ0v) is 13.7. The van der Waals surface area contributed by atoms with Crippen molar-refractivity contribution in [3.63, 3.8) is 0 Å². The fraction of sp³-hybridized carbons (Fsp3) is 0.538. The van der Waals surface area contributed by atoms with Crippen molar-refractivity contribution in [3.8, 4) is 0 Å². The zero-order valence-electron chi connectivity index (χ0n) is 10.1. The van der Waals surface area contributed by atoms with E-state index in [0.29, 0.717) is 3.43 Å². The van der Waals surface area contributed by atoms with Crippen LogP contribution in [0.1, 0.15) is 34.1 Å². The molecule has 1 aromatic carbocycles. The van der Waals surface area contributed by atoms with E-state index in [-0.39, 0.29) is 0 Å². The third-order valence-corrected chi connectivity index (χ3v) is 14.5. The monoisotopic (exact) mass is 331 g/mol. The molecule has 1 aromatic rings. The average molecular weight is 330 g/mol. The normalized spacial score (nSPS) is 12.1. The number of hydrogen-bond acceptors (Lipinski definition) is 0. The van der Waals surface area contributed by atoms with E-state index in [9.17, 15) is 0 Å². The predicted molar refractivity (Wildman–Crippen MR) is 71.7 cm³/mol. The van der Waals surface area contributed by atoms with Gasteiger partial charge in [0.25, 0.3) is 0 Å². The summed E-state index contributed by atoms with van der Waals surface area (Å²) in [5, 5.41) is 0.996. The van der Waals surface area contributed by atoms with Crippen LogP contribution in [0.25, 0.3) is 0 Å². The van der Waals surface area contributed by atoms with Crippen molar-refractivity contribution in [2.24, 2.45) is 0 Å². The van der Waals surface area contributed by atoms with Crippen LogP contribution >= 0.6 is 11.6 Å². The van der Waals surface area contributed by atoms with Crippen molar-refractivity contribution in [2.75, 3.05) is 0 Å². The number of halogens is 1. The molecule has 83 valence electrons. The number of benzene rings is 1. The summed E-state index contributed by atoms with van der Waals surface area (Å²) >= 11 is 4.73. The summed E-state index contributed by atoms with van der Waals surface area (Å²) in [5.74, 6) is 0. The van der Waals surface area contributed by atoms with Gasteiger partial charge in [0.15, 0.2) is 0 Å². The minimum atomic E-state index is -1.58. The van der Waals surface area contributed by atoms with Crippen molar-refractivity contribution in [1.29, 1.82) is 0 Å². The van der Waals surface area contributed by atoms with Gasteiger partial charge >= 0.3 is 106 Å². The topological polar surface area (TPSA) is 0 Å². The first-order valence-corrected chi connectivity index (χ1v) is 10.8. The quantitative estimate of drug-likeness (QED) is 0.727. The first-order chi connectivity index (χ1) is 6.96. The van der Waals surface area contributed by atoms with Crippen molar-refractivity contribution in [2.45, 2.75) is 42.0 Å². The third-order valence-electron chi connectivity index (χ3n) is 2.60. The van der Waals surface area contributed by atoms with Crippen molar-refractivity contribution in [1.82, 2.24) is 0 Å². The fourth-order valence-corrected chi connectivity index (χ4v) is 11.3. The molecule has 0 aliphatic heterocycles. The van der Waals surface area contributed by atoms with E-state index < -0.39 is 19.8 Å². The molecule has 0 aliphatic rings. The summed E-state index contributed by atoms with van der Waals surface area (Å²) in [7, 11) is 0. The molecule has 0 saturated carbocycles. The molecule has 0 bridgehead atoms. The van der Waals surface area contributed by atoms with E-state index in [1.54, 1.807) is 0 Å². The van der Waals surface area contributed by atoms with Gasteiger partial charge in [-0.25, -0.2) is 0 Å². The van der Waals surface area contributed by atoms with Crippen LogP contribution in [0, 0.1) is 0 Å². The molecule has 1 radical (unpaired) electrons. The Balaban J connectivity index is 3.05. The van der Waals surface area contributed by atoms with Crippen molar-refractivity contribution < 1.29 is 0 Å². The van der Waals surface area contributed by atoms with Gasteiger partial charge in [-0.2, -0.15) is 0 Å². The van der Waals surface area contributed by atoms with Gasteiger partial charge in [0.2, 0.25) is 0 Å². The van der Waals surface area contributed by atoms with Gasteiger partial charge in [-0.1, -0.05) is 0 Å². The van der Waals surface area contributed by atoms with Crippen molar-refractivity contribution >= 4 is 34.9 Å². The molecule has 15 heavy (non-hydrogen) atoms. The van der Waals surface area contributed by atoms with E-state index in [4.69, 9.17) is 11.6 Å². The summed E-state index contributed by atoms with van der Waals surface area (Å²) in [6, 6.07) is 8.45. The van der Waals surface area contributed by atoms with Gasteiger partial charge in [0.05, 0.1) is 0 Å². The van der Waals surface area contributed by atoms with E-state index in [0.717, 1.165) is 5.02 Å². The van der Waals surface area contributed by atoms with Gasteiger partial charge in [-0.05, 0) is 0 Å². The second-order valence-corrected chi connectivity index (χ2v) is 15.3. The minimum absolute atomic E-state index is 0.475. The Labute approximate surface area is 106 Å². The Morgan fingerprint density at radius 2 is 1.80 bits per heavy atom. The molecule has 0 atom stereocenters. The summed E-state index contributed by atoms with van der Waals surface area (Å²) < 4.78 is 3.37.